The van der Waals surface area contributed by atoms with Crippen LogP contribution in [-0.4, -0.2) is 82.4 Å². The highest BCUT2D eigenvalue weighted by molar-refractivity contribution is 7.97. The van der Waals surface area contributed by atoms with Crippen LogP contribution in [0.15, 0.2) is 24.8 Å². The van der Waals surface area contributed by atoms with Crippen LogP contribution < -0.4 is 11.5 Å². The maximum Gasteiger partial charge on any atom is 0.320 e. The van der Waals surface area contributed by atoms with Crippen molar-refractivity contribution in [1.82, 2.24) is 19.5 Å². The summed E-state index contributed by atoms with van der Waals surface area (Å²) >= 11 is 0. The smallest absolute Gasteiger partial charge is 0.320 e. The molecule has 0 radical (unpaired) electrons. The molecule has 2 aromatic rings. The van der Waals surface area contributed by atoms with E-state index < -0.39 is 36.6 Å². The lowest BCUT2D eigenvalue weighted by Crippen LogP contribution is -2.38. The summed E-state index contributed by atoms with van der Waals surface area (Å²) in [5, 5.41) is 30.2. The zero-order valence-electron chi connectivity index (χ0n) is 16.5. The third-order valence-electron chi connectivity index (χ3n) is 5.00. The van der Waals surface area contributed by atoms with Gasteiger partial charge in [-0.2, -0.15) is 0 Å². The largest absolute Gasteiger partial charge is 0.480 e. The van der Waals surface area contributed by atoms with Gasteiger partial charge in [-0.1, -0.05) is 6.08 Å². The highest BCUT2D eigenvalue weighted by atomic mass is 32.2. The average Bonchev–Trinajstić information content (AvgIpc) is 3.26. The van der Waals surface area contributed by atoms with Crippen LogP contribution in [0.2, 0.25) is 0 Å². The molecule has 1 aliphatic heterocycles. The van der Waals surface area contributed by atoms with Crippen molar-refractivity contribution in [2.24, 2.45) is 5.73 Å². The molecule has 3 heterocycles. The quantitative estimate of drug-likeness (QED) is 0.240. The van der Waals surface area contributed by atoms with Gasteiger partial charge in [0.1, 0.15) is 53.5 Å². The van der Waals surface area contributed by atoms with E-state index in [-0.39, 0.29) is 16.7 Å². The van der Waals surface area contributed by atoms with E-state index in [9.17, 15) is 15.0 Å². The first kappa shape index (κ1) is 22.4. The number of anilines is 1. The minimum atomic E-state index is -1.18. The molecule has 0 aliphatic carbocycles. The molecule has 3 rings (SSSR count). The molecule has 6 atom stereocenters. The second-order valence-electron chi connectivity index (χ2n) is 7.08. The second kappa shape index (κ2) is 9.71. The van der Waals surface area contributed by atoms with Gasteiger partial charge < -0.3 is 31.5 Å². The molecular formula is C18H27N6O5S+. The van der Waals surface area contributed by atoms with Gasteiger partial charge in [-0.05, 0) is 23.9 Å². The number of imidazole rings is 1. The fourth-order valence-electron chi connectivity index (χ4n) is 3.27. The molecule has 11 nitrogen and oxygen atoms in total. The predicted octanol–water partition coefficient (Wildman–Crippen LogP) is -0.976. The van der Waals surface area contributed by atoms with E-state index in [1.165, 1.54) is 17.2 Å². The number of nitrogens with zero attached hydrogens (tertiary/aromatic N) is 4. The third-order valence-corrected chi connectivity index (χ3v) is 7.28. The van der Waals surface area contributed by atoms with E-state index >= 15 is 0 Å². The number of hydrogen-bond acceptors (Lipinski definition) is 9. The molecule has 164 valence electrons. The number of carboxylic acid groups (broad SMARTS) is 1. The van der Waals surface area contributed by atoms with Gasteiger partial charge in [0.05, 0.1) is 6.33 Å². The molecule has 2 unspecified atom stereocenters. The van der Waals surface area contributed by atoms with E-state index in [0.717, 1.165) is 0 Å². The van der Waals surface area contributed by atoms with E-state index in [4.69, 9.17) is 21.3 Å². The van der Waals surface area contributed by atoms with Crippen LogP contribution in [0, 0.1) is 0 Å². The molecule has 0 spiro atoms. The lowest BCUT2D eigenvalue weighted by molar-refractivity contribution is -0.138. The first-order valence-corrected chi connectivity index (χ1v) is 11.2. The van der Waals surface area contributed by atoms with Crippen LogP contribution in [0.4, 0.5) is 5.82 Å². The Hall–Kier alpha value is -2.25. The number of carboxylic acids is 1. The van der Waals surface area contributed by atoms with Crippen molar-refractivity contribution in [3.8, 4) is 0 Å². The SMILES string of the molecule is CC=CC[S+](CC[C@H](N)C(=O)O)C[C@H]1O[C@@H](n2cnc3c(N)ncnc32)[C@@H](O)C1O. The van der Waals surface area contributed by atoms with Crippen LogP contribution in [0.25, 0.3) is 11.2 Å². The van der Waals surface area contributed by atoms with Gasteiger partial charge in [-0.15, -0.1) is 0 Å². The topological polar surface area (TPSA) is 183 Å². The van der Waals surface area contributed by atoms with E-state index in [2.05, 4.69) is 15.0 Å². The summed E-state index contributed by atoms with van der Waals surface area (Å²) in [6.45, 7) is 1.91. The predicted molar refractivity (Wildman–Crippen MR) is 113 cm³/mol. The van der Waals surface area contributed by atoms with Crippen molar-refractivity contribution in [2.75, 3.05) is 23.0 Å². The van der Waals surface area contributed by atoms with Crippen molar-refractivity contribution in [1.29, 1.82) is 0 Å². The number of aromatic nitrogens is 4. The first-order valence-electron chi connectivity index (χ1n) is 9.51. The fourth-order valence-corrected chi connectivity index (χ4v) is 5.53. The van der Waals surface area contributed by atoms with Gasteiger partial charge in [-0.3, -0.25) is 9.36 Å². The van der Waals surface area contributed by atoms with Crippen LogP contribution >= 0.6 is 0 Å². The maximum atomic E-state index is 11.0. The number of aliphatic carboxylic acids is 1. The lowest BCUT2D eigenvalue weighted by atomic mass is 10.1. The van der Waals surface area contributed by atoms with Crippen molar-refractivity contribution in [3.63, 3.8) is 0 Å². The van der Waals surface area contributed by atoms with Crippen LogP contribution in [0.3, 0.4) is 0 Å². The number of hydrogen-bond donors (Lipinski definition) is 5. The lowest BCUT2D eigenvalue weighted by Gasteiger charge is -2.17. The van der Waals surface area contributed by atoms with Crippen molar-refractivity contribution in [2.45, 2.75) is 43.9 Å². The van der Waals surface area contributed by atoms with Crippen molar-refractivity contribution < 1.29 is 24.9 Å². The maximum absolute atomic E-state index is 11.0. The highest BCUT2D eigenvalue weighted by Crippen LogP contribution is 2.33. The first-order chi connectivity index (χ1) is 14.3. The van der Waals surface area contributed by atoms with E-state index in [1.807, 2.05) is 19.1 Å². The standard InChI is InChI=1S/C18H26N6O5S/c1-2-3-5-30(6-4-10(19)18(27)28)7-11-13(25)14(26)17(29-11)24-9-23-12-15(20)21-8-22-16(12)24/h2-3,8-11,13-14,17,25-26H,4-7,19H2,1H3,(H2-,20,21,22,27,28)/p+1/t10-,11+,13?,14-,17+,30?/m0/s1. The minimum absolute atomic E-state index is 0.214. The number of aliphatic hydroxyl groups excluding tert-OH is 2. The number of allylic oxidation sites excluding steroid dienone is 1. The Kier molecular flexibility index (Phi) is 7.26. The Balaban J connectivity index is 1.73. The summed E-state index contributed by atoms with van der Waals surface area (Å²) in [6.07, 6.45) is 3.19. The van der Waals surface area contributed by atoms with Gasteiger partial charge in [0.15, 0.2) is 17.7 Å². The summed E-state index contributed by atoms with van der Waals surface area (Å²) in [6, 6.07) is -0.930. The molecule has 0 saturated carbocycles. The number of aliphatic hydroxyl groups is 2. The van der Waals surface area contributed by atoms with E-state index in [0.29, 0.717) is 34.8 Å². The van der Waals surface area contributed by atoms with Gasteiger partial charge in [0.2, 0.25) is 0 Å². The van der Waals surface area contributed by atoms with Crippen molar-refractivity contribution >= 4 is 33.8 Å². The molecule has 12 heteroatoms. The Morgan fingerprint density at radius 1 is 1.37 bits per heavy atom. The van der Waals surface area contributed by atoms with Crippen LogP contribution in [0.5, 0.6) is 0 Å². The molecule has 30 heavy (non-hydrogen) atoms. The third kappa shape index (κ3) is 4.73. The van der Waals surface area contributed by atoms with Crippen molar-refractivity contribution in [3.05, 3.63) is 24.8 Å². The van der Waals surface area contributed by atoms with Gasteiger partial charge in [0, 0.05) is 6.42 Å². The number of ether oxygens (including phenoxy) is 1. The number of fused-ring (bicyclic) bond motifs is 1. The molecule has 1 aliphatic rings. The number of nitrogen functional groups attached to an aromatic ring is 1. The Bertz CT molecular complexity index is 908. The van der Waals surface area contributed by atoms with Gasteiger partial charge >= 0.3 is 5.97 Å². The summed E-state index contributed by atoms with van der Waals surface area (Å²) in [5.41, 5.74) is 12.2. The Labute approximate surface area is 176 Å². The number of carbonyl (C=O) groups is 1. The fraction of sp³-hybridized carbons (Fsp3) is 0.556. The van der Waals surface area contributed by atoms with Gasteiger partial charge in [0.25, 0.3) is 0 Å². The van der Waals surface area contributed by atoms with E-state index in [1.54, 1.807) is 0 Å². The second-order valence-corrected chi connectivity index (χ2v) is 9.38. The highest BCUT2D eigenvalue weighted by Gasteiger charge is 2.47. The molecule has 0 amide bonds. The number of rotatable bonds is 9. The normalized spacial score (nSPS) is 26.4. The zero-order valence-corrected chi connectivity index (χ0v) is 17.4. The summed E-state index contributed by atoms with van der Waals surface area (Å²) in [7, 11) is -0.276. The number of nitrogens with two attached hydrogens (primary N) is 2. The molecule has 1 fully saturated rings. The summed E-state index contributed by atoms with van der Waals surface area (Å²) in [4.78, 5) is 23.2. The minimum Gasteiger partial charge on any atom is -0.480 e. The van der Waals surface area contributed by atoms with Crippen LogP contribution in [0.1, 0.15) is 19.6 Å². The van der Waals surface area contributed by atoms with Crippen LogP contribution in [-0.2, 0) is 20.4 Å². The monoisotopic (exact) mass is 439 g/mol. The van der Waals surface area contributed by atoms with Gasteiger partial charge in [-0.25, -0.2) is 15.0 Å². The average molecular weight is 440 g/mol. The summed E-state index contributed by atoms with van der Waals surface area (Å²) < 4.78 is 7.53. The molecule has 1 saturated heterocycles. The molecule has 0 bridgehead atoms. The zero-order chi connectivity index (χ0) is 21.8. The molecule has 2 aromatic heterocycles. The summed E-state index contributed by atoms with van der Waals surface area (Å²) in [5.74, 6) is 0.947. The molecular weight excluding hydrogens is 412 g/mol. The molecule has 0 aromatic carbocycles. The molecule has 7 N–H and O–H groups in total. The Morgan fingerprint density at radius 3 is 2.83 bits per heavy atom. The Morgan fingerprint density at radius 2 is 2.13 bits per heavy atom.